The summed E-state index contributed by atoms with van der Waals surface area (Å²) in [6, 6.07) is 22.2. The summed E-state index contributed by atoms with van der Waals surface area (Å²) in [5, 5.41) is 0. The zero-order valence-electron chi connectivity index (χ0n) is 16.8. The second kappa shape index (κ2) is 8.91. The predicted molar refractivity (Wildman–Crippen MR) is 114 cm³/mol. The van der Waals surface area contributed by atoms with Crippen LogP contribution in [0.25, 0.3) is 0 Å². The maximum atomic E-state index is 13.6. The first-order chi connectivity index (χ1) is 14.2. The normalized spacial score (nSPS) is 13.4. The number of hydrogen-bond donors (Lipinski definition) is 0. The highest BCUT2D eigenvalue weighted by Crippen LogP contribution is 2.31. The van der Waals surface area contributed by atoms with Crippen molar-refractivity contribution in [1.29, 1.82) is 0 Å². The molecule has 2 aromatic carbocycles. The summed E-state index contributed by atoms with van der Waals surface area (Å²) < 4.78 is 5.80. The van der Waals surface area contributed by atoms with E-state index in [0.29, 0.717) is 18.7 Å². The van der Waals surface area contributed by atoms with Gasteiger partial charge in [-0.2, -0.15) is 0 Å². The molecule has 0 unspecified atom stereocenters. The Morgan fingerprint density at radius 3 is 2.69 bits per heavy atom. The molecule has 3 aromatic rings. The lowest BCUT2D eigenvalue weighted by molar-refractivity contribution is 0.0661. The summed E-state index contributed by atoms with van der Waals surface area (Å²) in [4.78, 5) is 20.0. The second-order valence-electron chi connectivity index (χ2n) is 7.52. The Labute approximate surface area is 172 Å². The lowest BCUT2D eigenvalue weighted by atomic mass is 10.0. The number of aromatic nitrogens is 1. The van der Waals surface area contributed by atoms with Gasteiger partial charge >= 0.3 is 0 Å². The monoisotopic (exact) mass is 386 g/mol. The Balaban J connectivity index is 1.58. The molecule has 1 aliphatic heterocycles. The molecule has 0 radical (unpaired) electrons. The topological polar surface area (TPSA) is 42.4 Å². The number of rotatable bonds is 7. The van der Waals surface area contributed by atoms with Gasteiger partial charge in [-0.15, -0.1) is 0 Å². The van der Waals surface area contributed by atoms with Crippen LogP contribution in [-0.4, -0.2) is 28.4 Å². The molecule has 0 N–H and O–H groups in total. The lowest BCUT2D eigenvalue weighted by Gasteiger charge is -2.30. The molecule has 1 atom stereocenters. The van der Waals surface area contributed by atoms with E-state index in [9.17, 15) is 4.79 Å². The Bertz CT molecular complexity index is 957. The number of para-hydroxylation sites is 1. The molecule has 4 rings (SSSR count). The quantitative estimate of drug-likeness (QED) is 0.592. The van der Waals surface area contributed by atoms with Gasteiger partial charge in [0.15, 0.2) is 0 Å². The van der Waals surface area contributed by atoms with Crippen molar-refractivity contribution < 1.29 is 9.53 Å². The van der Waals surface area contributed by atoms with E-state index in [4.69, 9.17) is 4.74 Å². The number of pyridine rings is 1. The molecule has 1 aliphatic rings. The van der Waals surface area contributed by atoms with Gasteiger partial charge in [0.25, 0.3) is 5.91 Å². The minimum Gasteiger partial charge on any atom is -0.492 e. The first kappa shape index (κ1) is 19.2. The van der Waals surface area contributed by atoms with Gasteiger partial charge in [0.2, 0.25) is 0 Å². The van der Waals surface area contributed by atoms with E-state index in [-0.39, 0.29) is 11.9 Å². The molecule has 0 fully saturated rings. The maximum Gasteiger partial charge on any atom is 0.258 e. The van der Waals surface area contributed by atoms with Crippen molar-refractivity contribution >= 4 is 5.91 Å². The molecule has 148 valence electrons. The molecular formula is C25H26N2O2. The van der Waals surface area contributed by atoms with Gasteiger partial charge in [-0.1, -0.05) is 48.5 Å². The lowest BCUT2D eigenvalue weighted by Crippen LogP contribution is -2.38. The number of amides is 1. The van der Waals surface area contributed by atoms with E-state index in [1.54, 1.807) is 6.20 Å². The van der Waals surface area contributed by atoms with Gasteiger partial charge in [-0.05, 0) is 49.1 Å². The van der Waals surface area contributed by atoms with Gasteiger partial charge in [0, 0.05) is 18.7 Å². The van der Waals surface area contributed by atoms with Crippen LogP contribution in [-0.2, 0) is 19.4 Å². The smallest absolute Gasteiger partial charge is 0.258 e. The van der Waals surface area contributed by atoms with Crippen molar-refractivity contribution in [2.75, 3.05) is 6.61 Å². The van der Waals surface area contributed by atoms with Crippen LogP contribution in [0.1, 0.15) is 40.5 Å². The summed E-state index contributed by atoms with van der Waals surface area (Å²) in [6.07, 6.45) is 4.45. The van der Waals surface area contributed by atoms with E-state index >= 15 is 0 Å². The third-order valence-electron chi connectivity index (χ3n) is 5.49. The van der Waals surface area contributed by atoms with Crippen molar-refractivity contribution in [3.8, 4) is 5.75 Å². The van der Waals surface area contributed by atoms with Crippen LogP contribution in [0.3, 0.4) is 0 Å². The Morgan fingerprint density at radius 2 is 1.90 bits per heavy atom. The van der Waals surface area contributed by atoms with Crippen LogP contribution in [0.15, 0.2) is 72.9 Å². The minimum absolute atomic E-state index is 0.00923. The van der Waals surface area contributed by atoms with Gasteiger partial charge < -0.3 is 9.64 Å². The molecule has 1 aromatic heterocycles. The highest BCUT2D eigenvalue weighted by molar-refractivity contribution is 5.97. The minimum atomic E-state index is 0.00923. The number of aryl methyl sites for hydroxylation is 1. The van der Waals surface area contributed by atoms with E-state index < -0.39 is 0 Å². The van der Waals surface area contributed by atoms with E-state index in [1.807, 2.05) is 47.4 Å². The number of fused-ring (bicyclic) bond motifs is 1. The molecule has 0 aliphatic carbocycles. The molecular weight excluding hydrogens is 360 g/mol. The standard InChI is InChI=1S/C25H26N2O2/c1-19(13-14-20-8-3-2-4-9-20)27(18-22-11-5-6-16-26-22)25(28)23-12-7-10-21-15-17-29-24(21)23/h2-12,16,19H,13-15,17-18H2,1H3/t19-/m0/s1. The van der Waals surface area contributed by atoms with Gasteiger partial charge in [0.05, 0.1) is 24.4 Å². The Morgan fingerprint density at radius 1 is 1.07 bits per heavy atom. The van der Waals surface area contributed by atoms with Crippen LogP contribution >= 0.6 is 0 Å². The van der Waals surface area contributed by atoms with E-state index in [0.717, 1.165) is 36.3 Å². The number of hydrogen-bond acceptors (Lipinski definition) is 3. The maximum absolute atomic E-state index is 13.6. The molecule has 29 heavy (non-hydrogen) atoms. The fourth-order valence-corrected chi connectivity index (χ4v) is 3.81. The average molecular weight is 386 g/mol. The predicted octanol–water partition coefficient (Wildman–Crippen LogP) is 4.68. The second-order valence-corrected chi connectivity index (χ2v) is 7.52. The highest BCUT2D eigenvalue weighted by atomic mass is 16.5. The number of benzene rings is 2. The number of carbonyl (C=O) groups excluding carboxylic acids is 1. The first-order valence-electron chi connectivity index (χ1n) is 10.2. The third-order valence-corrected chi connectivity index (χ3v) is 5.49. The number of nitrogens with zero attached hydrogens (tertiary/aromatic N) is 2. The zero-order valence-corrected chi connectivity index (χ0v) is 16.8. The fourth-order valence-electron chi connectivity index (χ4n) is 3.81. The molecule has 0 bridgehead atoms. The van der Waals surface area contributed by atoms with Crippen molar-refractivity contribution in [2.45, 2.75) is 38.8 Å². The summed E-state index contributed by atoms with van der Waals surface area (Å²) in [5.41, 5.74) is 3.95. The van der Waals surface area contributed by atoms with E-state index in [2.05, 4.69) is 36.2 Å². The molecule has 4 heteroatoms. The fraction of sp³-hybridized carbons (Fsp3) is 0.280. The molecule has 0 saturated heterocycles. The van der Waals surface area contributed by atoms with Crippen LogP contribution in [0, 0.1) is 0 Å². The first-order valence-corrected chi connectivity index (χ1v) is 10.2. The summed E-state index contributed by atoms with van der Waals surface area (Å²) in [7, 11) is 0. The van der Waals surface area contributed by atoms with Gasteiger partial charge in [0.1, 0.15) is 5.75 Å². The third kappa shape index (κ3) is 4.48. The number of carbonyl (C=O) groups is 1. The molecule has 1 amide bonds. The zero-order chi connectivity index (χ0) is 20.1. The van der Waals surface area contributed by atoms with Crippen molar-refractivity contribution in [3.05, 3.63) is 95.3 Å². The van der Waals surface area contributed by atoms with Crippen LogP contribution in [0.5, 0.6) is 5.75 Å². The van der Waals surface area contributed by atoms with Crippen LogP contribution < -0.4 is 4.74 Å². The average Bonchev–Trinajstić information content (AvgIpc) is 3.26. The van der Waals surface area contributed by atoms with Crippen molar-refractivity contribution in [2.24, 2.45) is 0 Å². The van der Waals surface area contributed by atoms with Gasteiger partial charge in [-0.3, -0.25) is 9.78 Å². The molecule has 2 heterocycles. The summed E-state index contributed by atoms with van der Waals surface area (Å²) in [5.74, 6) is 0.758. The largest absolute Gasteiger partial charge is 0.492 e. The highest BCUT2D eigenvalue weighted by Gasteiger charge is 2.27. The Hall–Kier alpha value is -3.14. The number of ether oxygens (including phenoxy) is 1. The van der Waals surface area contributed by atoms with E-state index in [1.165, 1.54) is 5.56 Å². The van der Waals surface area contributed by atoms with Crippen LogP contribution in [0.2, 0.25) is 0 Å². The summed E-state index contributed by atoms with van der Waals surface area (Å²) >= 11 is 0. The van der Waals surface area contributed by atoms with Crippen molar-refractivity contribution in [1.82, 2.24) is 9.88 Å². The van der Waals surface area contributed by atoms with Gasteiger partial charge in [-0.25, -0.2) is 0 Å². The summed E-state index contributed by atoms with van der Waals surface area (Å²) in [6.45, 7) is 3.25. The SMILES string of the molecule is C[C@@H](CCc1ccccc1)N(Cc1ccccn1)C(=O)c1cccc2c1OCC2. The van der Waals surface area contributed by atoms with Crippen LogP contribution in [0.4, 0.5) is 0 Å². The molecule has 4 nitrogen and oxygen atoms in total. The Kier molecular flexibility index (Phi) is 5.89. The molecule has 0 saturated carbocycles. The molecule has 0 spiro atoms. The van der Waals surface area contributed by atoms with Crippen molar-refractivity contribution in [3.63, 3.8) is 0 Å².